The Morgan fingerprint density at radius 1 is 0.872 bits per heavy atom. The van der Waals surface area contributed by atoms with Gasteiger partial charge in [-0.2, -0.15) is 0 Å². The lowest BCUT2D eigenvalue weighted by molar-refractivity contribution is -0.122. The topological polar surface area (TPSA) is 90.5 Å². The van der Waals surface area contributed by atoms with Gasteiger partial charge in [0.1, 0.15) is 11.6 Å². The third kappa shape index (κ3) is 10.8. The highest BCUT2D eigenvalue weighted by Gasteiger charge is 2.21. The molecule has 0 saturated heterocycles. The summed E-state index contributed by atoms with van der Waals surface area (Å²) in [4.78, 5) is 40.5. The summed E-state index contributed by atoms with van der Waals surface area (Å²) in [6, 6.07) is 8.62. The van der Waals surface area contributed by atoms with Crippen molar-refractivity contribution in [2.75, 3.05) is 26.2 Å². The normalized spacial score (nSPS) is 12.6. The first-order chi connectivity index (χ1) is 18.5. The van der Waals surface area contributed by atoms with Gasteiger partial charge >= 0.3 is 0 Å². The van der Waals surface area contributed by atoms with Crippen molar-refractivity contribution in [2.24, 2.45) is 5.92 Å². The van der Waals surface area contributed by atoms with Crippen LogP contribution < -0.4 is 16.0 Å². The molecule has 0 spiro atoms. The molecule has 0 aliphatic carbocycles. The van der Waals surface area contributed by atoms with Crippen LogP contribution in [-0.4, -0.2) is 60.9 Å². The third-order valence-corrected chi connectivity index (χ3v) is 6.13. The van der Waals surface area contributed by atoms with Gasteiger partial charge in [-0.25, -0.2) is 8.78 Å². The number of carbonyl (C=O) groups excluding carboxylic acids is 3. The Kier molecular flexibility index (Phi) is 13.0. The molecule has 0 aliphatic rings. The van der Waals surface area contributed by atoms with E-state index in [0.717, 1.165) is 18.9 Å². The number of nitrogens with one attached hydrogen (secondary N) is 3. The highest BCUT2D eigenvalue weighted by Crippen LogP contribution is 2.13. The molecule has 2 unspecified atom stereocenters. The zero-order chi connectivity index (χ0) is 28.9. The van der Waals surface area contributed by atoms with Gasteiger partial charge in [-0.15, -0.1) is 0 Å². The maximum Gasteiger partial charge on any atom is 0.253 e. The quantitative estimate of drug-likeness (QED) is 0.312. The Hall–Kier alpha value is -3.33. The van der Waals surface area contributed by atoms with Gasteiger partial charge in [0.25, 0.3) is 11.8 Å². The zero-order valence-corrected chi connectivity index (χ0v) is 23.7. The van der Waals surface area contributed by atoms with Gasteiger partial charge in [-0.3, -0.25) is 14.4 Å². The number of carbonyl (C=O) groups is 3. The molecule has 0 bridgehead atoms. The Morgan fingerprint density at radius 2 is 1.49 bits per heavy atom. The fourth-order valence-corrected chi connectivity index (χ4v) is 4.16. The molecule has 0 saturated carbocycles. The maximum atomic E-state index is 13.8. The van der Waals surface area contributed by atoms with Crippen LogP contribution in [0.25, 0.3) is 0 Å². The Morgan fingerprint density at radius 3 is 2.08 bits per heavy atom. The summed E-state index contributed by atoms with van der Waals surface area (Å²) in [5.41, 5.74) is 1.09. The van der Waals surface area contributed by atoms with Gasteiger partial charge in [0.15, 0.2) is 0 Å². The lowest BCUT2D eigenvalue weighted by Gasteiger charge is -2.23. The molecule has 0 aromatic heterocycles. The van der Waals surface area contributed by atoms with E-state index in [1.807, 2.05) is 27.7 Å². The van der Waals surface area contributed by atoms with Crippen LogP contribution in [0.4, 0.5) is 8.78 Å². The van der Waals surface area contributed by atoms with Gasteiger partial charge in [0, 0.05) is 49.4 Å². The molecule has 3 amide bonds. The van der Waals surface area contributed by atoms with Gasteiger partial charge in [-0.05, 0) is 68.0 Å². The first kappa shape index (κ1) is 31.9. The number of hydrogen-bond donors (Lipinski definition) is 3. The summed E-state index contributed by atoms with van der Waals surface area (Å²) in [5.74, 6) is -1.86. The van der Waals surface area contributed by atoms with Crippen LogP contribution in [0.15, 0.2) is 42.5 Å². The smallest absolute Gasteiger partial charge is 0.253 e. The van der Waals surface area contributed by atoms with Crippen molar-refractivity contribution in [2.45, 2.75) is 66.0 Å². The van der Waals surface area contributed by atoms with Crippen LogP contribution in [0.2, 0.25) is 0 Å². The van der Waals surface area contributed by atoms with Crippen LogP contribution >= 0.6 is 0 Å². The first-order valence-corrected chi connectivity index (χ1v) is 13.7. The summed E-state index contributed by atoms with van der Waals surface area (Å²) in [7, 11) is 0. The highest BCUT2D eigenvalue weighted by molar-refractivity contribution is 5.99. The monoisotopic (exact) mass is 544 g/mol. The molecule has 2 aromatic carbocycles. The minimum absolute atomic E-state index is 0.132. The minimum atomic E-state index is -0.709. The number of amides is 3. The summed E-state index contributed by atoms with van der Waals surface area (Å²) < 4.78 is 27.7. The van der Waals surface area contributed by atoms with Crippen LogP contribution in [0, 0.1) is 17.6 Å². The van der Waals surface area contributed by atoms with E-state index in [2.05, 4.69) is 16.0 Å². The van der Waals surface area contributed by atoms with E-state index in [-0.39, 0.29) is 24.8 Å². The number of halogens is 2. The van der Waals surface area contributed by atoms with Gasteiger partial charge in [0.05, 0.1) is 6.04 Å². The SMILES string of the molecule is CCCN(CCC)C(=O)c1cccc(C(=O)NC(CNC(C)C(=O)NCC(C)C)Cc2cc(F)cc(F)c2)c1. The summed E-state index contributed by atoms with van der Waals surface area (Å²) in [5, 5.41) is 8.87. The molecule has 0 heterocycles. The molecule has 3 N–H and O–H groups in total. The lowest BCUT2D eigenvalue weighted by atomic mass is 10.0. The van der Waals surface area contributed by atoms with Crippen LogP contribution in [0.3, 0.4) is 0 Å². The Bertz CT molecular complexity index is 1080. The predicted molar refractivity (Wildman–Crippen MR) is 150 cm³/mol. The van der Waals surface area contributed by atoms with Crippen molar-refractivity contribution in [3.8, 4) is 0 Å². The fourth-order valence-electron chi connectivity index (χ4n) is 4.16. The van der Waals surface area contributed by atoms with E-state index in [9.17, 15) is 23.2 Å². The van der Waals surface area contributed by atoms with Crippen LogP contribution in [-0.2, 0) is 11.2 Å². The average molecular weight is 545 g/mol. The summed E-state index contributed by atoms with van der Waals surface area (Å²) >= 11 is 0. The molecule has 7 nitrogen and oxygen atoms in total. The minimum Gasteiger partial charge on any atom is -0.354 e. The van der Waals surface area contributed by atoms with Crippen molar-refractivity contribution in [3.05, 3.63) is 70.8 Å². The van der Waals surface area contributed by atoms with E-state index in [0.29, 0.717) is 42.2 Å². The molecule has 0 aliphatic heterocycles. The van der Waals surface area contributed by atoms with Crippen LogP contribution in [0.1, 0.15) is 73.7 Å². The summed E-state index contributed by atoms with van der Waals surface area (Å²) in [6.45, 7) is 11.7. The largest absolute Gasteiger partial charge is 0.354 e. The maximum absolute atomic E-state index is 13.8. The van der Waals surface area contributed by atoms with Crippen molar-refractivity contribution >= 4 is 17.7 Å². The van der Waals surface area contributed by atoms with Gasteiger partial charge in [0.2, 0.25) is 5.91 Å². The second-order valence-corrected chi connectivity index (χ2v) is 10.3. The molecule has 214 valence electrons. The second kappa shape index (κ2) is 15.9. The van der Waals surface area contributed by atoms with Gasteiger partial charge in [-0.1, -0.05) is 33.8 Å². The number of hydrogen-bond acceptors (Lipinski definition) is 4. The van der Waals surface area contributed by atoms with Crippen molar-refractivity contribution in [1.29, 1.82) is 0 Å². The molecule has 2 rings (SSSR count). The molecule has 0 fully saturated rings. The standard InChI is InChI=1S/C30H42F2N4O3/c1-6-11-36(12-7-2)30(39)24-10-8-9-23(16-24)29(38)35-27(15-22-13-25(31)17-26(32)14-22)19-33-21(5)28(37)34-18-20(3)4/h8-10,13-14,16-17,20-21,27,33H,6-7,11-12,15,18-19H2,1-5H3,(H,34,37)(H,35,38). The molecular formula is C30H42F2N4O3. The molecule has 9 heteroatoms. The lowest BCUT2D eigenvalue weighted by Crippen LogP contribution is -2.50. The zero-order valence-electron chi connectivity index (χ0n) is 23.7. The Balaban J connectivity index is 2.20. The van der Waals surface area contributed by atoms with E-state index >= 15 is 0 Å². The first-order valence-electron chi connectivity index (χ1n) is 13.7. The third-order valence-electron chi connectivity index (χ3n) is 6.13. The molecule has 39 heavy (non-hydrogen) atoms. The van der Waals surface area contributed by atoms with Gasteiger partial charge < -0.3 is 20.9 Å². The Labute approximate surface area is 230 Å². The highest BCUT2D eigenvalue weighted by atomic mass is 19.1. The second-order valence-electron chi connectivity index (χ2n) is 10.3. The van der Waals surface area contributed by atoms with E-state index in [4.69, 9.17) is 0 Å². The molecule has 0 radical (unpaired) electrons. The number of rotatable bonds is 15. The van der Waals surface area contributed by atoms with E-state index < -0.39 is 29.6 Å². The van der Waals surface area contributed by atoms with Crippen molar-refractivity contribution < 1.29 is 23.2 Å². The fraction of sp³-hybridized carbons (Fsp3) is 0.500. The van der Waals surface area contributed by atoms with E-state index in [1.54, 1.807) is 36.1 Å². The summed E-state index contributed by atoms with van der Waals surface area (Å²) in [6.07, 6.45) is 1.79. The number of nitrogens with zero attached hydrogens (tertiary/aromatic N) is 1. The number of benzene rings is 2. The predicted octanol–water partition coefficient (Wildman–Crippen LogP) is 4.32. The average Bonchev–Trinajstić information content (AvgIpc) is 2.89. The van der Waals surface area contributed by atoms with Crippen molar-refractivity contribution in [1.82, 2.24) is 20.9 Å². The molecular weight excluding hydrogens is 502 g/mol. The molecule has 2 aromatic rings. The van der Waals surface area contributed by atoms with E-state index in [1.165, 1.54) is 12.1 Å². The molecule has 2 atom stereocenters. The van der Waals surface area contributed by atoms with Crippen molar-refractivity contribution in [3.63, 3.8) is 0 Å². The van der Waals surface area contributed by atoms with Crippen LogP contribution in [0.5, 0.6) is 0 Å².